The topological polar surface area (TPSA) is 45.2 Å². The lowest BCUT2D eigenvalue weighted by Crippen LogP contribution is -1.70. The van der Waals surface area contributed by atoms with E-state index in [2.05, 4.69) is 9.98 Å². The second-order valence-corrected chi connectivity index (χ2v) is 2.93. The van der Waals surface area contributed by atoms with E-state index in [-0.39, 0.29) is 0 Å². The van der Waals surface area contributed by atoms with Gasteiger partial charge in [0.2, 0.25) is 6.08 Å². The fraction of sp³-hybridized carbons (Fsp3) is 0.100. The maximum absolute atomic E-state index is 10.1. The van der Waals surface area contributed by atoms with Gasteiger partial charge in [0.1, 0.15) is 5.69 Å². The van der Waals surface area contributed by atoms with E-state index in [4.69, 9.17) is 0 Å². The molecule has 0 saturated carbocycles. The zero-order chi connectivity index (χ0) is 9.26. The van der Waals surface area contributed by atoms with Gasteiger partial charge in [-0.3, -0.25) is 0 Å². The summed E-state index contributed by atoms with van der Waals surface area (Å²) >= 11 is 0. The van der Waals surface area contributed by atoms with Crippen LogP contribution in [0.5, 0.6) is 0 Å². The molecule has 3 heteroatoms. The van der Waals surface area contributed by atoms with Crippen molar-refractivity contribution in [2.45, 2.75) is 6.92 Å². The van der Waals surface area contributed by atoms with Gasteiger partial charge < -0.3 is 4.98 Å². The van der Waals surface area contributed by atoms with Crippen LogP contribution in [0.1, 0.15) is 5.56 Å². The summed E-state index contributed by atoms with van der Waals surface area (Å²) in [4.78, 5) is 16.7. The van der Waals surface area contributed by atoms with E-state index in [0.717, 1.165) is 16.5 Å². The maximum atomic E-state index is 10.1. The number of aromatic amines is 1. The first kappa shape index (κ1) is 7.77. The molecule has 0 atom stereocenters. The van der Waals surface area contributed by atoms with E-state index in [1.165, 1.54) is 6.08 Å². The minimum atomic E-state index is 0.647. The Morgan fingerprint density at radius 3 is 3.08 bits per heavy atom. The molecule has 0 fully saturated rings. The summed E-state index contributed by atoms with van der Waals surface area (Å²) in [5.74, 6) is 0. The van der Waals surface area contributed by atoms with E-state index in [1.807, 2.05) is 25.1 Å². The fourth-order valence-electron chi connectivity index (χ4n) is 1.36. The van der Waals surface area contributed by atoms with Crippen LogP contribution >= 0.6 is 0 Å². The van der Waals surface area contributed by atoms with Gasteiger partial charge >= 0.3 is 0 Å². The predicted molar refractivity (Wildman–Crippen MR) is 50.8 cm³/mol. The average molecular weight is 172 g/mol. The lowest BCUT2D eigenvalue weighted by Gasteiger charge is -1.92. The van der Waals surface area contributed by atoms with Gasteiger partial charge in [-0.05, 0) is 19.1 Å². The number of H-pyrrole nitrogens is 1. The van der Waals surface area contributed by atoms with Crippen molar-refractivity contribution in [1.29, 1.82) is 0 Å². The summed E-state index contributed by atoms with van der Waals surface area (Å²) in [6, 6.07) is 5.96. The smallest absolute Gasteiger partial charge is 0.240 e. The number of benzene rings is 1. The Labute approximate surface area is 75.1 Å². The van der Waals surface area contributed by atoms with Gasteiger partial charge in [0, 0.05) is 17.1 Å². The standard InChI is InChI=1S/C10H8N2O/c1-7-2-3-9-8(4-7)10(5-11-9)12-6-13/h2-5,11H,1H3. The van der Waals surface area contributed by atoms with Crippen LogP contribution in [0.4, 0.5) is 5.69 Å². The summed E-state index contributed by atoms with van der Waals surface area (Å²) in [6.07, 6.45) is 3.24. The lowest BCUT2D eigenvalue weighted by molar-refractivity contribution is 0.565. The Bertz CT molecular complexity index is 493. The Kier molecular flexibility index (Phi) is 1.72. The quantitative estimate of drug-likeness (QED) is 0.521. The zero-order valence-corrected chi connectivity index (χ0v) is 7.16. The number of aromatic nitrogens is 1. The fourth-order valence-corrected chi connectivity index (χ4v) is 1.36. The summed E-state index contributed by atoms with van der Waals surface area (Å²) in [5, 5.41) is 0.961. The summed E-state index contributed by atoms with van der Waals surface area (Å²) in [5.41, 5.74) is 2.78. The Morgan fingerprint density at radius 1 is 1.46 bits per heavy atom. The molecule has 64 valence electrons. The molecule has 1 aromatic carbocycles. The molecule has 2 rings (SSSR count). The second-order valence-electron chi connectivity index (χ2n) is 2.93. The molecule has 0 aliphatic heterocycles. The van der Waals surface area contributed by atoms with E-state index in [1.54, 1.807) is 6.20 Å². The highest BCUT2D eigenvalue weighted by atomic mass is 16.1. The Hall–Kier alpha value is -1.86. The number of isocyanates is 1. The first-order chi connectivity index (χ1) is 6.31. The van der Waals surface area contributed by atoms with Crippen molar-refractivity contribution in [3.8, 4) is 0 Å². The first-order valence-electron chi connectivity index (χ1n) is 3.97. The number of fused-ring (bicyclic) bond motifs is 1. The highest BCUT2D eigenvalue weighted by Gasteiger charge is 2.01. The molecule has 0 radical (unpaired) electrons. The van der Waals surface area contributed by atoms with E-state index < -0.39 is 0 Å². The molecule has 2 aromatic rings. The van der Waals surface area contributed by atoms with Crippen LogP contribution in [-0.4, -0.2) is 11.1 Å². The molecule has 0 amide bonds. The molecule has 0 aliphatic carbocycles. The van der Waals surface area contributed by atoms with Crippen LogP contribution in [0.15, 0.2) is 29.4 Å². The van der Waals surface area contributed by atoms with Gasteiger partial charge in [-0.1, -0.05) is 11.6 Å². The van der Waals surface area contributed by atoms with Gasteiger partial charge in [0.05, 0.1) is 0 Å². The Morgan fingerprint density at radius 2 is 2.31 bits per heavy atom. The summed E-state index contributed by atoms with van der Waals surface area (Å²) in [7, 11) is 0. The van der Waals surface area contributed by atoms with Crippen LogP contribution in [-0.2, 0) is 4.79 Å². The molecule has 1 heterocycles. The molecule has 0 bridgehead atoms. The van der Waals surface area contributed by atoms with Crippen LogP contribution in [0.2, 0.25) is 0 Å². The minimum Gasteiger partial charge on any atom is -0.359 e. The largest absolute Gasteiger partial charge is 0.359 e. The van der Waals surface area contributed by atoms with Crippen LogP contribution in [0, 0.1) is 6.92 Å². The SMILES string of the molecule is Cc1ccc2[nH]cc(N=C=O)c2c1. The lowest BCUT2D eigenvalue weighted by atomic mass is 10.2. The van der Waals surface area contributed by atoms with Crippen molar-refractivity contribution in [2.75, 3.05) is 0 Å². The molecule has 0 saturated heterocycles. The number of nitrogens with zero attached hydrogens (tertiary/aromatic N) is 1. The number of aryl methyl sites for hydroxylation is 1. The second kappa shape index (κ2) is 2.88. The minimum absolute atomic E-state index is 0.647. The van der Waals surface area contributed by atoms with Crippen molar-refractivity contribution in [3.63, 3.8) is 0 Å². The highest BCUT2D eigenvalue weighted by molar-refractivity contribution is 5.92. The number of aliphatic imine (C=N–C) groups is 1. The van der Waals surface area contributed by atoms with Crippen LogP contribution < -0.4 is 0 Å². The highest BCUT2D eigenvalue weighted by Crippen LogP contribution is 2.25. The first-order valence-corrected chi connectivity index (χ1v) is 3.97. The molecule has 1 N–H and O–H groups in total. The molecule has 1 aromatic heterocycles. The van der Waals surface area contributed by atoms with E-state index in [0.29, 0.717) is 5.69 Å². The monoisotopic (exact) mass is 172 g/mol. The number of rotatable bonds is 1. The molecule has 0 aliphatic rings. The molecule has 3 nitrogen and oxygen atoms in total. The normalized spacial score (nSPS) is 9.92. The Balaban J connectivity index is 2.78. The third-order valence-corrected chi connectivity index (χ3v) is 1.98. The number of carbonyl (C=O) groups excluding carboxylic acids is 1. The van der Waals surface area contributed by atoms with Gasteiger partial charge in [0.25, 0.3) is 0 Å². The predicted octanol–water partition coefficient (Wildman–Crippen LogP) is 2.44. The molecule has 13 heavy (non-hydrogen) atoms. The van der Waals surface area contributed by atoms with Crippen molar-refractivity contribution >= 4 is 22.7 Å². The third-order valence-electron chi connectivity index (χ3n) is 1.98. The van der Waals surface area contributed by atoms with Crippen molar-refractivity contribution in [3.05, 3.63) is 30.0 Å². The molecular formula is C10H8N2O. The molecule has 0 spiro atoms. The van der Waals surface area contributed by atoms with E-state index in [9.17, 15) is 4.79 Å². The zero-order valence-electron chi connectivity index (χ0n) is 7.16. The van der Waals surface area contributed by atoms with Crippen molar-refractivity contribution in [1.82, 2.24) is 4.98 Å². The van der Waals surface area contributed by atoms with Gasteiger partial charge in [-0.25, -0.2) is 4.79 Å². The average Bonchev–Trinajstić information content (AvgIpc) is 2.49. The number of nitrogens with one attached hydrogen (secondary N) is 1. The molecule has 0 unspecified atom stereocenters. The van der Waals surface area contributed by atoms with Crippen molar-refractivity contribution in [2.24, 2.45) is 4.99 Å². The third kappa shape index (κ3) is 1.25. The summed E-state index contributed by atoms with van der Waals surface area (Å²) in [6.45, 7) is 2.00. The van der Waals surface area contributed by atoms with Crippen LogP contribution in [0.25, 0.3) is 10.9 Å². The van der Waals surface area contributed by atoms with Gasteiger partial charge in [-0.2, -0.15) is 4.99 Å². The molecular weight excluding hydrogens is 164 g/mol. The van der Waals surface area contributed by atoms with E-state index >= 15 is 0 Å². The maximum Gasteiger partial charge on any atom is 0.240 e. The van der Waals surface area contributed by atoms with Gasteiger partial charge in [-0.15, -0.1) is 0 Å². The van der Waals surface area contributed by atoms with Gasteiger partial charge in [0.15, 0.2) is 0 Å². The summed E-state index contributed by atoms with van der Waals surface area (Å²) < 4.78 is 0. The van der Waals surface area contributed by atoms with Crippen LogP contribution in [0.3, 0.4) is 0 Å². The number of hydrogen-bond acceptors (Lipinski definition) is 2. The number of hydrogen-bond donors (Lipinski definition) is 1. The van der Waals surface area contributed by atoms with Crippen molar-refractivity contribution < 1.29 is 4.79 Å².